The number of thiophene rings is 1. The first-order valence-corrected chi connectivity index (χ1v) is 11.4. The molecule has 0 spiro atoms. The number of anilines is 1. The van der Waals surface area contributed by atoms with E-state index >= 15 is 0 Å². The summed E-state index contributed by atoms with van der Waals surface area (Å²) in [4.78, 5) is 38.2. The molecule has 2 N–H and O–H groups in total. The number of hydrogen-bond donors (Lipinski definition) is 2. The first kappa shape index (κ1) is 23.4. The molecule has 3 rings (SSSR count). The molecule has 0 fully saturated rings. The van der Waals surface area contributed by atoms with Crippen molar-refractivity contribution in [3.8, 4) is 0 Å². The van der Waals surface area contributed by atoms with Crippen LogP contribution in [0.25, 0.3) is 6.08 Å². The number of nitrogens with zero attached hydrogens (tertiary/aromatic N) is 1. The molecule has 0 saturated carbocycles. The van der Waals surface area contributed by atoms with E-state index in [0.717, 1.165) is 40.8 Å². The van der Waals surface area contributed by atoms with E-state index in [1.165, 1.54) is 17.6 Å². The molecule has 1 aliphatic carbocycles. The zero-order valence-electron chi connectivity index (χ0n) is 18.4. The summed E-state index contributed by atoms with van der Waals surface area (Å²) in [6, 6.07) is 9.68. The van der Waals surface area contributed by atoms with Gasteiger partial charge in [0.15, 0.2) is 0 Å². The lowest BCUT2D eigenvalue weighted by molar-refractivity contribution is -0.136. The lowest BCUT2D eigenvalue weighted by Gasteiger charge is -2.18. The molecule has 0 aliphatic heterocycles. The largest absolute Gasteiger partial charge is 0.462 e. The van der Waals surface area contributed by atoms with E-state index in [2.05, 4.69) is 22.8 Å². The Morgan fingerprint density at radius 3 is 2.69 bits per heavy atom. The minimum Gasteiger partial charge on any atom is -0.462 e. The molecule has 32 heavy (non-hydrogen) atoms. The maximum atomic E-state index is 12.5. The molecule has 1 heterocycles. The van der Waals surface area contributed by atoms with Gasteiger partial charge in [-0.05, 0) is 55.7 Å². The van der Waals surface area contributed by atoms with E-state index in [4.69, 9.17) is 4.74 Å². The molecular weight excluding hydrogens is 426 g/mol. The van der Waals surface area contributed by atoms with E-state index in [1.54, 1.807) is 6.92 Å². The summed E-state index contributed by atoms with van der Waals surface area (Å²) in [5, 5.41) is 6.78. The Hall–Kier alpha value is -3.26. The lowest BCUT2D eigenvalue weighted by Crippen LogP contribution is -2.32. The second-order valence-electron chi connectivity index (χ2n) is 7.73. The number of hydrazone groups is 1. The SMILES string of the molecule is CCOC(=O)c1c(NC(=O)C(=O)N/N=C\C(C)=C/c2ccccc2)sc2c1CC[C@H](C)C2. The van der Waals surface area contributed by atoms with Crippen LogP contribution in [0.5, 0.6) is 0 Å². The fourth-order valence-electron chi connectivity index (χ4n) is 3.51. The van der Waals surface area contributed by atoms with Gasteiger partial charge in [-0.25, -0.2) is 10.2 Å². The normalized spacial score (nSPS) is 15.8. The van der Waals surface area contributed by atoms with Gasteiger partial charge in [0.05, 0.1) is 18.4 Å². The summed E-state index contributed by atoms with van der Waals surface area (Å²) in [5.74, 6) is -1.77. The Bertz CT molecular complexity index is 1060. The van der Waals surface area contributed by atoms with Crippen molar-refractivity contribution in [2.75, 3.05) is 11.9 Å². The molecule has 1 aromatic carbocycles. The van der Waals surface area contributed by atoms with Crippen molar-refractivity contribution in [1.29, 1.82) is 0 Å². The third kappa shape index (κ3) is 5.91. The summed E-state index contributed by atoms with van der Waals surface area (Å²) >= 11 is 1.34. The van der Waals surface area contributed by atoms with Gasteiger partial charge in [0.1, 0.15) is 5.00 Å². The quantitative estimate of drug-likeness (QED) is 0.297. The van der Waals surface area contributed by atoms with Crippen LogP contribution in [0, 0.1) is 5.92 Å². The summed E-state index contributed by atoms with van der Waals surface area (Å²) < 4.78 is 5.19. The molecule has 1 aliphatic rings. The molecule has 0 radical (unpaired) electrons. The van der Waals surface area contributed by atoms with Crippen LogP contribution in [0.3, 0.4) is 0 Å². The standard InChI is InChI=1S/C24H27N3O4S/c1-4-31-24(30)20-18-11-10-15(2)13-19(18)32-23(20)26-21(28)22(29)27-25-14-16(3)12-17-8-6-5-7-9-17/h5-9,12,14-15H,4,10-11,13H2,1-3H3,(H,26,28)(H,27,29)/b16-12-,25-14-/t15-/m0/s1. The topological polar surface area (TPSA) is 96.9 Å². The number of esters is 1. The van der Waals surface area contributed by atoms with E-state index in [9.17, 15) is 14.4 Å². The van der Waals surface area contributed by atoms with Crippen molar-refractivity contribution < 1.29 is 19.1 Å². The predicted octanol–water partition coefficient (Wildman–Crippen LogP) is 4.19. The Labute approximate surface area is 191 Å². The molecule has 0 saturated heterocycles. The monoisotopic (exact) mass is 453 g/mol. The molecule has 7 nitrogen and oxygen atoms in total. The molecule has 1 atom stereocenters. The summed E-state index contributed by atoms with van der Waals surface area (Å²) in [5.41, 5.74) is 5.32. The summed E-state index contributed by atoms with van der Waals surface area (Å²) in [6.45, 7) is 5.96. The third-order valence-electron chi connectivity index (χ3n) is 5.05. The van der Waals surface area contributed by atoms with Crippen LogP contribution in [0.15, 0.2) is 41.0 Å². The molecule has 1 aromatic heterocycles. The van der Waals surface area contributed by atoms with Crippen molar-refractivity contribution in [2.24, 2.45) is 11.0 Å². The Morgan fingerprint density at radius 2 is 1.97 bits per heavy atom. The number of nitrogens with one attached hydrogen (secondary N) is 2. The second kappa shape index (κ2) is 10.9. The molecule has 168 valence electrons. The summed E-state index contributed by atoms with van der Waals surface area (Å²) in [7, 11) is 0. The highest BCUT2D eigenvalue weighted by atomic mass is 32.1. The van der Waals surface area contributed by atoms with Crippen LogP contribution in [0.2, 0.25) is 0 Å². The molecule has 2 amide bonds. The number of ether oxygens (including phenoxy) is 1. The van der Waals surface area contributed by atoms with Gasteiger partial charge in [0.25, 0.3) is 0 Å². The highest BCUT2D eigenvalue weighted by molar-refractivity contribution is 7.17. The zero-order valence-corrected chi connectivity index (χ0v) is 19.3. The number of carbonyl (C=O) groups is 3. The van der Waals surface area contributed by atoms with Crippen molar-refractivity contribution >= 4 is 46.4 Å². The highest BCUT2D eigenvalue weighted by Gasteiger charge is 2.30. The molecular formula is C24H27N3O4S. The number of rotatable bonds is 6. The minimum atomic E-state index is -0.914. The first-order chi connectivity index (χ1) is 15.4. The van der Waals surface area contributed by atoms with Crippen molar-refractivity contribution in [1.82, 2.24) is 5.43 Å². The number of allylic oxidation sites excluding steroid dienone is 1. The average molecular weight is 454 g/mol. The van der Waals surface area contributed by atoms with E-state index in [-0.39, 0.29) is 6.61 Å². The van der Waals surface area contributed by atoms with Crippen LogP contribution in [-0.4, -0.2) is 30.6 Å². The van der Waals surface area contributed by atoms with Gasteiger partial charge in [0, 0.05) is 4.88 Å². The second-order valence-corrected chi connectivity index (χ2v) is 8.83. The Balaban J connectivity index is 1.67. The van der Waals surface area contributed by atoms with E-state index < -0.39 is 17.8 Å². The number of fused-ring (bicyclic) bond motifs is 1. The van der Waals surface area contributed by atoms with Gasteiger partial charge in [0.2, 0.25) is 0 Å². The van der Waals surface area contributed by atoms with E-state index in [0.29, 0.717) is 16.5 Å². The maximum Gasteiger partial charge on any atom is 0.341 e. The smallest absolute Gasteiger partial charge is 0.341 e. The van der Waals surface area contributed by atoms with Crippen LogP contribution in [-0.2, 0) is 27.2 Å². The van der Waals surface area contributed by atoms with Gasteiger partial charge in [-0.3, -0.25) is 9.59 Å². The van der Waals surface area contributed by atoms with Crippen molar-refractivity contribution in [3.05, 3.63) is 57.5 Å². The third-order valence-corrected chi connectivity index (χ3v) is 6.22. The minimum absolute atomic E-state index is 0.234. The fraction of sp³-hybridized carbons (Fsp3) is 0.333. The lowest BCUT2D eigenvalue weighted by atomic mass is 9.88. The van der Waals surface area contributed by atoms with Gasteiger partial charge in [-0.15, -0.1) is 11.3 Å². The molecule has 0 unspecified atom stereocenters. The zero-order chi connectivity index (χ0) is 23.1. The van der Waals surface area contributed by atoms with Gasteiger partial charge in [-0.2, -0.15) is 5.10 Å². The first-order valence-electron chi connectivity index (χ1n) is 10.6. The van der Waals surface area contributed by atoms with Crippen LogP contribution in [0.4, 0.5) is 5.00 Å². The predicted molar refractivity (Wildman–Crippen MR) is 127 cm³/mol. The Morgan fingerprint density at radius 1 is 1.22 bits per heavy atom. The van der Waals surface area contributed by atoms with Crippen LogP contribution >= 0.6 is 11.3 Å². The van der Waals surface area contributed by atoms with E-state index in [1.807, 2.05) is 43.3 Å². The summed E-state index contributed by atoms with van der Waals surface area (Å²) in [6.07, 6.45) is 5.92. The number of carbonyl (C=O) groups excluding carboxylic acids is 3. The average Bonchev–Trinajstić information content (AvgIpc) is 3.11. The fourth-order valence-corrected chi connectivity index (χ4v) is 4.90. The van der Waals surface area contributed by atoms with Gasteiger partial charge in [-0.1, -0.05) is 43.3 Å². The van der Waals surface area contributed by atoms with Crippen molar-refractivity contribution in [3.63, 3.8) is 0 Å². The highest BCUT2D eigenvalue weighted by Crippen LogP contribution is 2.40. The van der Waals surface area contributed by atoms with Gasteiger partial charge >= 0.3 is 17.8 Å². The number of amides is 2. The maximum absolute atomic E-state index is 12.5. The molecule has 2 aromatic rings. The van der Waals surface area contributed by atoms with Gasteiger partial charge < -0.3 is 10.1 Å². The molecule has 0 bridgehead atoms. The van der Waals surface area contributed by atoms with Crippen LogP contribution in [0.1, 0.15) is 53.6 Å². The van der Waals surface area contributed by atoms with Crippen molar-refractivity contribution in [2.45, 2.75) is 40.0 Å². The Kier molecular flexibility index (Phi) is 7.94. The number of benzene rings is 1. The number of hydrogen-bond acceptors (Lipinski definition) is 6. The van der Waals surface area contributed by atoms with Crippen LogP contribution < -0.4 is 10.7 Å². The molecule has 8 heteroatoms.